The quantitative estimate of drug-likeness (QED) is 0.575. The van der Waals surface area contributed by atoms with Crippen LogP contribution in [0.3, 0.4) is 0 Å². The van der Waals surface area contributed by atoms with Gasteiger partial charge < -0.3 is 9.30 Å². The monoisotopic (exact) mass is 380 g/mol. The molecule has 3 aromatic heterocycles. The van der Waals surface area contributed by atoms with Crippen LogP contribution < -0.4 is 15.9 Å². The van der Waals surface area contributed by atoms with Crippen LogP contribution in [-0.4, -0.2) is 19.3 Å². The molecule has 0 fully saturated rings. The zero-order chi connectivity index (χ0) is 19.7. The predicted octanol–water partition coefficient (Wildman–Crippen LogP) is 2.19. The van der Waals surface area contributed by atoms with Crippen molar-refractivity contribution in [3.63, 3.8) is 0 Å². The molecule has 0 atom stereocenters. The molecule has 0 aliphatic heterocycles. The van der Waals surface area contributed by atoms with Crippen molar-refractivity contribution in [2.75, 3.05) is 0 Å². The van der Waals surface area contributed by atoms with Crippen LogP contribution >= 0.6 is 0 Å². The van der Waals surface area contributed by atoms with E-state index < -0.39 is 0 Å². The van der Waals surface area contributed by atoms with Gasteiger partial charge in [0, 0.05) is 25.5 Å². The first-order valence-electron chi connectivity index (χ1n) is 8.61. The number of rotatable bonds is 5. The molecule has 0 bridgehead atoms. The Balaban J connectivity index is 1.82. The predicted molar refractivity (Wildman–Crippen MR) is 102 cm³/mol. The molecule has 0 amide bonds. The third kappa shape index (κ3) is 3.32. The molecule has 0 aliphatic rings. The summed E-state index contributed by atoms with van der Waals surface area (Å²) in [7, 11) is 1.59. The van der Waals surface area contributed by atoms with Crippen molar-refractivity contribution in [3.05, 3.63) is 92.6 Å². The van der Waals surface area contributed by atoms with E-state index in [1.54, 1.807) is 25.5 Å². The second-order valence-electron chi connectivity index (χ2n) is 6.38. The van der Waals surface area contributed by atoms with Crippen LogP contribution in [0.2, 0.25) is 0 Å². The number of ether oxygens (including phenoxy) is 1. The van der Waals surface area contributed by atoms with Crippen LogP contribution in [0.25, 0.3) is 10.9 Å². The maximum atomic E-state index is 13.1. The van der Waals surface area contributed by atoms with Crippen molar-refractivity contribution >= 4 is 10.9 Å². The molecule has 0 saturated carbocycles. The molecule has 142 valence electrons. The minimum Gasteiger partial charge on any atom is -0.487 e. The van der Waals surface area contributed by atoms with E-state index in [9.17, 15) is 14.0 Å². The maximum Gasteiger partial charge on any atom is 0.276 e. The summed E-state index contributed by atoms with van der Waals surface area (Å²) in [6.07, 6.45) is 3.31. The summed E-state index contributed by atoms with van der Waals surface area (Å²) < 4.78 is 21.7. The zero-order valence-electron chi connectivity index (χ0n) is 15.1. The van der Waals surface area contributed by atoms with Gasteiger partial charge in [-0.05, 0) is 35.9 Å². The Kier molecular flexibility index (Phi) is 4.52. The van der Waals surface area contributed by atoms with E-state index in [1.807, 2.05) is 6.07 Å². The number of hydrogen-bond donors (Lipinski definition) is 1. The highest BCUT2D eigenvalue weighted by Gasteiger charge is 2.17. The standard InChI is InChI=1S/C20H17FN4O3/c1-24-20(27)19-16(23-24)9-18(26)25(11-13-3-2-8-22-10-13)17(19)12-28-15-6-4-14(21)5-7-15/h2-10,23H,11-12H2,1H3. The molecular formula is C20H17FN4O3. The molecule has 7 nitrogen and oxygen atoms in total. The summed E-state index contributed by atoms with van der Waals surface area (Å²) in [5.74, 6) is 0.0635. The second kappa shape index (κ2) is 7.15. The first kappa shape index (κ1) is 17.7. The van der Waals surface area contributed by atoms with E-state index in [2.05, 4.69) is 10.1 Å². The fourth-order valence-corrected chi connectivity index (χ4v) is 3.10. The molecule has 4 rings (SSSR count). The first-order valence-corrected chi connectivity index (χ1v) is 8.61. The Bertz CT molecular complexity index is 1240. The van der Waals surface area contributed by atoms with Crippen molar-refractivity contribution in [2.45, 2.75) is 13.2 Å². The van der Waals surface area contributed by atoms with Crippen LogP contribution in [0, 0.1) is 5.82 Å². The Morgan fingerprint density at radius 2 is 1.96 bits per heavy atom. The van der Waals surface area contributed by atoms with Crippen LogP contribution in [0.5, 0.6) is 5.75 Å². The largest absolute Gasteiger partial charge is 0.487 e. The molecule has 0 unspecified atom stereocenters. The normalized spacial score (nSPS) is 11.1. The van der Waals surface area contributed by atoms with Crippen molar-refractivity contribution in [1.29, 1.82) is 0 Å². The van der Waals surface area contributed by atoms with Gasteiger partial charge in [0.15, 0.2) is 0 Å². The van der Waals surface area contributed by atoms with Gasteiger partial charge in [0.25, 0.3) is 11.1 Å². The number of pyridine rings is 2. The molecule has 0 saturated heterocycles. The molecule has 1 aromatic carbocycles. The van der Waals surface area contributed by atoms with Crippen LogP contribution in [-0.2, 0) is 20.2 Å². The number of nitrogens with zero attached hydrogens (tertiary/aromatic N) is 3. The van der Waals surface area contributed by atoms with Gasteiger partial charge in [-0.15, -0.1) is 0 Å². The lowest BCUT2D eigenvalue weighted by Gasteiger charge is -2.14. The number of halogens is 1. The highest BCUT2D eigenvalue weighted by atomic mass is 19.1. The van der Waals surface area contributed by atoms with Gasteiger partial charge in [0.1, 0.15) is 18.2 Å². The fraction of sp³-hybridized carbons (Fsp3) is 0.150. The molecule has 0 radical (unpaired) electrons. The van der Waals surface area contributed by atoms with Crippen molar-refractivity contribution in [3.8, 4) is 5.75 Å². The minimum atomic E-state index is -0.373. The Morgan fingerprint density at radius 1 is 1.18 bits per heavy atom. The number of aromatic amines is 1. The van der Waals surface area contributed by atoms with Crippen LogP contribution in [0.15, 0.2) is 64.4 Å². The van der Waals surface area contributed by atoms with Crippen molar-refractivity contribution in [2.24, 2.45) is 7.05 Å². The minimum absolute atomic E-state index is 0.0223. The highest BCUT2D eigenvalue weighted by molar-refractivity contribution is 5.80. The van der Waals surface area contributed by atoms with E-state index >= 15 is 0 Å². The number of aryl methyl sites for hydroxylation is 1. The Labute approximate surface area is 158 Å². The Hall–Kier alpha value is -3.68. The van der Waals surface area contributed by atoms with E-state index in [4.69, 9.17) is 4.74 Å². The van der Waals surface area contributed by atoms with Gasteiger partial charge in [0.2, 0.25) is 0 Å². The first-order chi connectivity index (χ1) is 13.5. The molecule has 4 aromatic rings. The lowest BCUT2D eigenvalue weighted by Crippen LogP contribution is -2.26. The summed E-state index contributed by atoms with van der Waals surface area (Å²) >= 11 is 0. The number of hydrogen-bond acceptors (Lipinski definition) is 4. The number of aromatic nitrogens is 4. The summed E-state index contributed by atoms with van der Waals surface area (Å²) in [5.41, 5.74) is 1.18. The topological polar surface area (TPSA) is 81.9 Å². The van der Waals surface area contributed by atoms with Gasteiger partial charge in [0.05, 0.1) is 23.1 Å². The van der Waals surface area contributed by atoms with Gasteiger partial charge in [-0.2, -0.15) is 0 Å². The maximum absolute atomic E-state index is 13.1. The van der Waals surface area contributed by atoms with Gasteiger partial charge in [-0.3, -0.25) is 24.4 Å². The van der Waals surface area contributed by atoms with Crippen molar-refractivity contribution in [1.82, 2.24) is 19.3 Å². The number of H-pyrrole nitrogens is 1. The highest BCUT2D eigenvalue weighted by Crippen LogP contribution is 2.17. The molecule has 0 aliphatic carbocycles. The lowest BCUT2D eigenvalue weighted by atomic mass is 10.2. The van der Waals surface area contributed by atoms with Gasteiger partial charge in [-0.25, -0.2) is 4.39 Å². The van der Waals surface area contributed by atoms with Crippen molar-refractivity contribution < 1.29 is 9.13 Å². The second-order valence-corrected chi connectivity index (χ2v) is 6.38. The number of fused-ring (bicyclic) bond motifs is 1. The summed E-state index contributed by atoms with van der Waals surface area (Å²) in [6, 6.07) is 10.6. The third-order valence-corrected chi connectivity index (χ3v) is 4.48. The van der Waals surface area contributed by atoms with Gasteiger partial charge >= 0.3 is 0 Å². The zero-order valence-corrected chi connectivity index (χ0v) is 15.1. The average molecular weight is 380 g/mol. The van der Waals surface area contributed by atoms with E-state index in [0.717, 1.165) is 5.56 Å². The van der Waals surface area contributed by atoms with E-state index in [-0.39, 0.29) is 30.1 Å². The fourth-order valence-electron chi connectivity index (χ4n) is 3.10. The average Bonchev–Trinajstić information content (AvgIpc) is 2.97. The van der Waals surface area contributed by atoms with E-state index in [1.165, 1.54) is 39.6 Å². The smallest absolute Gasteiger partial charge is 0.276 e. The summed E-state index contributed by atoms with van der Waals surface area (Å²) in [5, 5.41) is 3.26. The number of benzene rings is 1. The Morgan fingerprint density at radius 3 is 2.68 bits per heavy atom. The lowest BCUT2D eigenvalue weighted by molar-refractivity contribution is 0.295. The van der Waals surface area contributed by atoms with Crippen LogP contribution in [0.1, 0.15) is 11.3 Å². The molecule has 0 spiro atoms. The molecule has 28 heavy (non-hydrogen) atoms. The SMILES string of the molecule is Cn1[nH]c2cc(=O)n(Cc3cccnc3)c(COc3ccc(F)cc3)c2c1=O. The third-order valence-electron chi connectivity index (χ3n) is 4.48. The molecule has 1 N–H and O–H groups in total. The molecule has 8 heteroatoms. The number of nitrogens with one attached hydrogen (secondary N) is 1. The van der Waals surface area contributed by atoms with Gasteiger partial charge in [-0.1, -0.05) is 6.07 Å². The molecular weight excluding hydrogens is 363 g/mol. The van der Waals surface area contributed by atoms with E-state index in [0.29, 0.717) is 22.3 Å². The van der Waals surface area contributed by atoms with Crippen LogP contribution in [0.4, 0.5) is 4.39 Å². The summed E-state index contributed by atoms with van der Waals surface area (Å²) in [6.45, 7) is 0.227. The summed E-state index contributed by atoms with van der Waals surface area (Å²) in [4.78, 5) is 29.4. The molecule has 3 heterocycles.